The molecule has 0 radical (unpaired) electrons. The van der Waals surface area contributed by atoms with Crippen molar-refractivity contribution in [2.75, 3.05) is 31.1 Å². The van der Waals surface area contributed by atoms with E-state index in [4.69, 9.17) is 5.73 Å². The molecule has 130 valence electrons. The van der Waals surface area contributed by atoms with Gasteiger partial charge in [0.2, 0.25) is 5.91 Å². The molecule has 2 aliphatic rings. The summed E-state index contributed by atoms with van der Waals surface area (Å²) in [6.07, 6.45) is 3.42. The van der Waals surface area contributed by atoms with Gasteiger partial charge in [-0.3, -0.25) is 4.79 Å². The first kappa shape index (κ1) is 16.6. The monoisotopic (exact) mass is 330 g/mol. The van der Waals surface area contributed by atoms with Crippen molar-refractivity contribution in [3.8, 4) is 0 Å². The molecular weight excluding hydrogens is 304 g/mol. The Labute approximate surface area is 143 Å². The molecule has 6 nitrogen and oxygen atoms in total. The Hall–Kier alpha value is -2.24. The molecule has 2 aliphatic heterocycles. The zero-order valence-corrected chi connectivity index (χ0v) is 14.0. The van der Waals surface area contributed by atoms with Crippen LogP contribution in [0.1, 0.15) is 25.7 Å². The van der Waals surface area contributed by atoms with Gasteiger partial charge in [0.05, 0.1) is 0 Å². The quantitative estimate of drug-likeness (QED) is 0.883. The second kappa shape index (κ2) is 7.55. The summed E-state index contributed by atoms with van der Waals surface area (Å²) in [6, 6.07) is 10.5. The summed E-state index contributed by atoms with van der Waals surface area (Å²) in [4.78, 5) is 27.8. The number of hydrogen-bond acceptors (Lipinski definition) is 3. The summed E-state index contributed by atoms with van der Waals surface area (Å²) in [5.74, 6) is -0.335. The Bertz CT molecular complexity index is 570. The van der Waals surface area contributed by atoms with E-state index in [1.165, 1.54) is 5.69 Å². The molecule has 2 heterocycles. The van der Waals surface area contributed by atoms with Crippen molar-refractivity contribution in [2.24, 2.45) is 11.7 Å². The third-order valence-corrected chi connectivity index (χ3v) is 5.05. The van der Waals surface area contributed by atoms with Gasteiger partial charge in [-0.1, -0.05) is 18.2 Å². The van der Waals surface area contributed by atoms with Crippen molar-refractivity contribution in [3.63, 3.8) is 0 Å². The van der Waals surface area contributed by atoms with Crippen LogP contribution in [0.5, 0.6) is 0 Å². The first-order valence-electron chi connectivity index (χ1n) is 8.78. The van der Waals surface area contributed by atoms with Crippen LogP contribution in [-0.4, -0.2) is 49.1 Å². The minimum absolute atomic E-state index is 0.0159. The number of likely N-dealkylation sites (tertiary alicyclic amines) is 1. The van der Waals surface area contributed by atoms with Crippen molar-refractivity contribution >= 4 is 17.6 Å². The number of nitrogens with one attached hydrogen (secondary N) is 1. The third-order valence-electron chi connectivity index (χ3n) is 5.05. The molecule has 2 fully saturated rings. The Balaban J connectivity index is 1.50. The maximum Gasteiger partial charge on any atom is 0.317 e. The standard InChI is InChI=1S/C18H26N4O2/c19-17(23)14-8-11-21(12-9-14)18(24)20-15-5-4-10-22(13-15)16-6-2-1-3-7-16/h1-3,6-7,14-15H,4-5,8-13H2,(H2,19,23)(H,20,24)/t15-/m0/s1. The molecule has 3 amide bonds. The molecule has 6 heteroatoms. The second-order valence-electron chi connectivity index (χ2n) is 6.73. The number of primary amides is 1. The number of carbonyl (C=O) groups excluding carboxylic acids is 2. The van der Waals surface area contributed by atoms with Crippen LogP contribution in [0.4, 0.5) is 10.5 Å². The molecule has 0 unspecified atom stereocenters. The largest absolute Gasteiger partial charge is 0.369 e. The van der Waals surface area contributed by atoms with Crippen molar-refractivity contribution in [3.05, 3.63) is 30.3 Å². The van der Waals surface area contributed by atoms with E-state index in [-0.39, 0.29) is 23.9 Å². The van der Waals surface area contributed by atoms with E-state index >= 15 is 0 Å². The zero-order chi connectivity index (χ0) is 16.9. The Morgan fingerprint density at radius 1 is 1.04 bits per heavy atom. The fraction of sp³-hybridized carbons (Fsp3) is 0.556. The molecule has 3 rings (SSSR count). The highest BCUT2D eigenvalue weighted by atomic mass is 16.2. The van der Waals surface area contributed by atoms with Gasteiger partial charge in [0.25, 0.3) is 0 Å². The van der Waals surface area contributed by atoms with Gasteiger partial charge in [0.1, 0.15) is 0 Å². The summed E-state index contributed by atoms with van der Waals surface area (Å²) < 4.78 is 0. The molecule has 1 aromatic rings. The lowest BCUT2D eigenvalue weighted by Crippen LogP contribution is -2.53. The van der Waals surface area contributed by atoms with E-state index in [0.29, 0.717) is 25.9 Å². The van der Waals surface area contributed by atoms with E-state index in [1.807, 2.05) is 18.2 Å². The van der Waals surface area contributed by atoms with Gasteiger partial charge < -0.3 is 20.9 Å². The number of urea groups is 1. The molecular formula is C18H26N4O2. The number of piperidine rings is 2. The molecule has 0 aliphatic carbocycles. The smallest absolute Gasteiger partial charge is 0.317 e. The van der Waals surface area contributed by atoms with E-state index in [9.17, 15) is 9.59 Å². The highest BCUT2D eigenvalue weighted by molar-refractivity contribution is 5.78. The van der Waals surface area contributed by atoms with Gasteiger partial charge in [0.15, 0.2) is 0 Å². The van der Waals surface area contributed by atoms with Crippen LogP contribution in [-0.2, 0) is 4.79 Å². The lowest BCUT2D eigenvalue weighted by Gasteiger charge is -2.37. The van der Waals surface area contributed by atoms with Crippen molar-refractivity contribution < 1.29 is 9.59 Å². The first-order valence-corrected chi connectivity index (χ1v) is 8.78. The summed E-state index contributed by atoms with van der Waals surface area (Å²) in [6.45, 7) is 3.08. The minimum atomic E-state index is -0.249. The Morgan fingerprint density at radius 2 is 1.75 bits per heavy atom. The van der Waals surface area contributed by atoms with Crippen LogP contribution < -0.4 is 16.0 Å². The van der Waals surface area contributed by atoms with Crippen molar-refractivity contribution in [1.29, 1.82) is 0 Å². The van der Waals surface area contributed by atoms with Gasteiger partial charge in [-0.25, -0.2) is 4.79 Å². The lowest BCUT2D eigenvalue weighted by atomic mass is 9.96. The SMILES string of the molecule is NC(=O)C1CCN(C(=O)N[C@H]2CCCN(c3ccccc3)C2)CC1. The Kier molecular flexibility index (Phi) is 5.23. The van der Waals surface area contributed by atoms with Gasteiger partial charge >= 0.3 is 6.03 Å². The summed E-state index contributed by atoms with van der Waals surface area (Å²) >= 11 is 0. The molecule has 0 spiro atoms. The summed E-state index contributed by atoms with van der Waals surface area (Å²) in [7, 11) is 0. The zero-order valence-electron chi connectivity index (χ0n) is 14.0. The lowest BCUT2D eigenvalue weighted by molar-refractivity contribution is -0.123. The maximum atomic E-state index is 12.5. The van der Waals surface area contributed by atoms with Crippen LogP contribution in [0.3, 0.4) is 0 Å². The average Bonchev–Trinajstić information content (AvgIpc) is 2.63. The number of amides is 3. The predicted octanol–water partition coefficient (Wildman–Crippen LogP) is 1.56. The number of para-hydroxylation sites is 1. The molecule has 24 heavy (non-hydrogen) atoms. The fourth-order valence-corrected chi connectivity index (χ4v) is 3.60. The molecule has 0 aromatic heterocycles. The number of anilines is 1. The van der Waals surface area contributed by atoms with Gasteiger partial charge in [0, 0.05) is 43.8 Å². The number of hydrogen-bond donors (Lipinski definition) is 2. The number of nitrogens with zero attached hydrogens (tertiary/aromatic N) is 2. The predicted molar refractivity (Wildman–Crippen MR) is 93.7 cm³/mol. The Morgan fingerprint density at radius 3 is 2.42 bits per heavy atom. The first-order chi connectivity index (χ1) is 11.6. The molecule has 1 atom stereocenters. The van der Waals surface area contributed by atoms with Gasteiger partial charge in [-0.15, -0.1) is 0 Å². The number of carbonyl (C=O) groups is 2. The number of rotatable bonds is 3. The number of nitrogens with two attached hydrogens (primary N) is 1. The van der Waals surface area contributed by atoms with E-state index in [1.54, 1.807) is 4.90 Å². The average molecular weight is 330 g/mol. The van der Waals surface area contributed by atoms with Crippen LogP contribution in [0, 0.1) is 5.92 Å². The van der Waals surface area contributed by atoms with Crippen LogP contribution >= 0.6 is 0 Å². The maximum absolute atomic E-state index is 12.5. The third kappa shape index (κ3) is 3.99. The highest BCUT2D eigenvalue weighted by Crippen LogP contribution is 2.20. The van der Waals surface area contributed by atoms with Gasteiger partial charge in [-0.2, -0.15) is 0 Å². The summed E-state index contributed by atoms with van der Waals surface area (Å²) in [5.41, 5.74) is 6.55. The van der Waals surface area contributed by atoms with Crippen molar-refractivity contribution in [2.45, 2.75) is 31.7 Å². The normalized spacial score (nSPS) is 22.2. The molecule has 0 bridgehead atoms. The number of benzene rings is 1. The minimum Gasteiger partial charge on any atom is -0.369 e. The molecule has 3 N–H and O–H groups in total. The molecule has 0 saturated carbocycles. The fourth-order valence-electron chi connectivity index (χ4n) is 3.60. The van der Waals surface area contributed by atoms with E-state index < -0.39 is 0 Å². The van der Waals surface area contributed by atoms with Gasteiger partial charge in [-0.05, 0) is 37.8 Å². The van der Waals surface area contributed by atoms with Crippen LogP contribution in [0.15, 0.2) is 30.3 Å². The van der Waals surface area contributed by atoms with E-state index in [0.717, 1.165) is 25.9 Å². The molecule has 2 saturated heterocycles. The second-order valence-corrected chi connectivity index (χ2v) is 6.73. The topological polar surface area (TPSA) is 78.7 Å². The van der Waals surface area contributed by atoms with E-state index in [2.05, 4.69) is 22.3 Å². The molecule has 1 aromatic carbocycles. The van der Waals surface area contributed by atoms with Crippen LogP contribution in [0.2, 0.25) is 0 Å². The highest BCUT2D eigenvalue weighted by Gasteiger charge is 2.28. The summed E-state index contributed by atoms with van der Waals surface area (Å²) in [5, 5.41) is 3.16. The van der Waals surface area contributed by atoms with Crippen molar-refractivity contribution in [1.82, 2.24) is 10.2 Å². The van der Waals surface area contributed by atoms with Crippen LogP contribution in [0.25, 0.3) is 0 Å².